The molecular formula is C24H24N2O2. The molecule has 1 heterocycles. The molecule has 4 heteroatoms. The number of hydrogen-bond donors (Lipinski definition) is 1. The van der Waals surface area contributed by atoms with Crippen molar-refractivity contribution in [2.75, 3.05) is 6.54 Å². The Hall–Kier alpha value is -3.14. The standard InChI is InChI=1S/C24H24N2O2/c1-17(21-13-7-11-19-10-5-6-12-22(19)21)25-24(28)20-14-23(27)26(16-20)15-18-8-3-2-4-9-18/h2-13,17,20H,14-16H2,1H3,(H,25,28)/t17?,20-/m1/s1. The number of fused-ring (bicyclic) bond motifs is 1. The Kier molecular flexibility index (Phi) is 5.11. The van der Waals surface area contributed by atoms with E-state index in [1.54, 1.807) is 4.90 Å². The molecule has 3 aromatic rings. The van der Waals surface area contributed by atoms with Crippen molar-refractivity contribution >= 4 is 22.6 Å². The highest BCUT2D eigenvalue weighted by atomic mass is 16.2. The minimum atomic E-state index is -0.298. The smallest absolute Gasteiger partial charge is 0.225 e. The summed E-state index contributed by atoms with van der Waals surface area (Å²) in [4.78, 5) is 27.0. The monoisotopic (exact) mass is 372 g/mol. The van der Waals surface area contributed by atoms with E-state index in [9.17, 15) is 9.59 Å². The van der Waals surface area contributed by atoms with Gasteiger partial charge in [0.1, 0.15) is 0 Å². The van der Waals surface area contributed by atoms with E-state index in [2.05, 4.69) is 29.6 Å². The van der Waals surface area contributed by atoms with Crippen molar-refractivity contribution in [2.45, 2.75) is 25.9 Å². The SMILES string of the molecule is CC(NC(=O)[C@@H]1CC(=O)N(Cc2ccccc2)C1)c1cccc2ccccc12. The van der Waals surface area contributed by atoms with E-state index in [0.29, 0.717) is 13.1 Å². The Morgan fingerprint density at radius 2 is 1.75 bits per heavy atom. The molecule has 2 amide bonds. The fraction of sp³-hybridized carbons (Fsp3) is 0.250. The number of likely N-dealkylation sites (tertiary alicyclic amines) is 1. The van der Waals surface area contributed by atoms with Gasteiger partial charge >= 0.3 is 0 Å². The maximum Gasteiger partial charge on any atom is 0.225 e. The molecule has 0 bridgehead atoms. The minimum Gasteiger partial charge on any atom is -0.349 e. The van der Waals surface area contributed by atoms with Crippen LogP contribution in [0.2, 0.25) is 0 Å². The van der Waals surface area contributed by atoms with Crippen LogP contribution in [0.15, 0.2) is 72.8 Å². The molecule has 4 nitrogen and oxygen atoms in total. The van der Waals surface area contributed by atoms with Gasteiger partial charge in [0.25, 0.3) is 0 Å². The predicted octanol–water partition coefficient (Wildman–Crippen LogP) is 4.07. The maximum atomic E-state index is 12.8. The van der Waals surface area contributed by atoms with Gasteiger partial charge in [-0.25, -0.2) is 0 Å². The Balaban J connectivity index is 1.43. The average Bonchev–Trinajstić information content (AvgIpc) is 3.09. The van der Waals surface area contributed by atoms with E-state index in [4.69, 9.17) is 0 Å². The second kappa shape index (κ2) is 7.85. The van der Waals surface area contributed by atoms with Crippen LogP contribution in [-0.2, 0) is 16.1 Å². The third-order valence-corrected chi connectivity index (χ3v) is 5.45. The number of hydrogen-bond acceptors (Lipinski definition) is 2. The minimum absolute atomic E-state index is 0.0433. The molecule has 2 atom stereocenters. The average molecular weight is 372 g/mol. The molecule has 1 aliphatic rings. The number of benzene rings is 3. The van der Waals surface area contributed by atoms with E-state index >= 15 is 0 Å². The second-order valence-electron chi connectivity index (χ2n) is 7.46. The van der Waals surface area contributed by atoms with Gasteiger partial charge in [-0.1, -0.05) is 72.8 Å². The van der Waals surface area contributed by atoms with Crippen LogP contribution < -0.4 is 5.32 Å². The first kappa shape index (κ1) is 18.2. The van der Waals surface area contributed by atoms with Gasteiger partial charge in [0, 0.05) is 19.5 Å². The molecule has 4 rings (SSSR count). The predicted molar refractivity (Wildman–Crippen MR) is 110 cm³/mol. The fourth-order valence-electron chi connectivity index (χ4n) is 3.94. The van der Waals surface area contributed by atoms with Crippen LogP contribution in [0.3, 0.4) is 0 Å². The quantitative estimate of drug-likeness (QED) is 0.734. The molecule has 1 fully saturated rings. The first-order valence-electron chi connectivity index (χ1n) is 9.71. The van der Waals surface area contributed by atoms with Gasteiger partial charge < -0.3 is 10.2 Å². The molecular weight excluding hydrogens is 348 g/mol. The van der Waals surface area contributed by atoms with Crippen LogP contribution in [0.1, 0.15) is 30.5 Å². The summed E-state index contributed by atoms with van der Waals surface area (Å²) in [5.41, 5.74) is 2.18. The maximum absolute atomic E-state index is 12.8. The summed E-state index contributed by atoms with van der Waals surface area (Å²) in [5, 5.41) is 5.42. The number of nitrogens with zero attached hydrogens (tertiary/aromatic N) is 1. The van der Waals surface area contributed by atoms with E-state index < -0.39 is 0 Å². The first-order valence-corrected chi connectivity index (χ1v) is 9.71. The van der Waals surface area contributed by atoms with Crippen molar-refractivity contribution in [3.8, 4) is 0 Å². The molecule has 0 aromatic heterocycles. The van der Waals surface area contributed by atoms with Crippen molar-refractivity contribution in [2.24, 2.45) is 5.92 Å². The van der Waals surface area contributed by atoms with Crippen molar-refractivity contribution in [1.29, 1.82) is 0 Å². The number of amides is 2. The zero-order valence-corrected chi connectivity index (χ0v) is 16.0. The fourth-order valence-corrected chi connectivity index (χ4v) is 3.94. The van der Waals surface area contributed by atoms with Crippen LogP contribution >= 0.6 is 0 Å². The van der Waals surface area contributed by atoms with Gasteiger partial charge in [0.05, 0.1) is 12.0 Å². The lowest BCUT2D eigenvalue weighted by Gasteiger charge is -2.20. The molecule has 1 aliphatic heterocycles. The number of carbonyl (C=O) groups excluding carboxylic acids is 2. The van der Waals surface area contributed by atoms with E-state index in [0.717, 1.165) is 21.9 Å². The molecule has 0 aliphatic carbocycles. The van der Waals surface area contributed by atoms with Gasteiger partial charge in [-0.05, 0) is 28.8 Å². The molecule has 0 spiro atoms. The zero-order chi connectivity index (χ0) is 19.5. The van der Waals surface area contributed by atoms with E-state index in [-0.39, 0.29) is 30.2 Å². The summed E-state index contributed by atoms with van der Waals surface area (Å²) in [6.07, 6.45) is 0.279. The third-order valence-electron chi connectivity index (χ3n) is 5.45. The first-order chi connectivity index (χ1) is 13.6. The summed E-state index contributed by atoms with van der Waals surface area (Å²) in [5.74, 6) is -0.306. The Morgan fingerprint density at radius 1 is 1.04 bits per heavy atom. The van der Waals surface area contributed by atoms with Gasteiger partial charge in [0.15, 0.2) is 0 Å². The molecule has 0 radical (unpaired) electrons. The van der Waals surface area contributed by atoms with Crippen molar-refractivity contribution in [3.05, 3.63) is 83.9 Å². The Morgan fingerprint density at radius 3 is 2.57 bits per heavy atom. The molecule has 3 aromatic carbocycles. The normalized spacial score (nSPS) is 17.7. The topological polar surface area (TPSA) is 49.4 Å². The molecule has 0 saturated carbocycles. The summed E-state index contributed by atoms with van der Waals surface area (Å²) >= 11 is 0. The van der Waals surface area contributed by atoms with Gasteiger partial charge in [0.2, 0.25) is 11.8 Å². The highest BCUT2D eigenvalue weighted by Crippen LogP contribution is 2.26. The van der Waals surface area contributed by atoms with Crippen molar-refractivity contribution in [1.82, 2.24) is 10.2 Å². The lowest BCUT2D eigenvalue weighted by molar-refractivity contribution is -0.129. The Bertz CT molecular complexity index is 994. The largest absolute Gasteiger partial charge is 0.349 e. The van der Waals surface area contributed by atoms with Crippen LogP contribution in [0.5, 0.6) is 0 Å². The Labute approximate surface area is 165 Å². The molecule has 142 valence electrons. The molecule has 1 unspecified atom stereocenters. The van der Waals surface area contributed by atoms with Gasteiger partial charge in [-0.15, -0.1) is 0 Å². The zero-order valence-electron chi connectivity index (χ0n) is 16.0. The molecule has 1 N–H and O–H groups in total. The number of carbonyl (C=O) groups is 2. The summed E-state index contributed by atoms with van der Waals surface area (Å²) in [6.45, 7) is 3.03. The number of rotatable bonds is 5. The van der Waals surface area contributed by atoms with Crippen molar-refractivity contribution in [3.63, 3.8) is 0 Å². The van der Waals surface area contributed by atoms with Crippen LogP contribution in [0, 0.1) is 5.92 Å². The molecule has 1 saturated heterocycles. The van der Waals surface area contributed by atoms with Crippen LogP contribution in [0.25, 0.3) is 10.8 Å². The van der Waals surface area contributed by atoms with Crippen molar-refractivity contribution < 1.29 is 9.59 Å². The lowest BCUT2D eigenvalue weighted by atomic mass is 9.99. The van der Waals surface area contributed by atoms with E-state index in [1.165, 1.54) is 0 Å². The van der Waals surface area contributed by atoms with Gasteiger partial charge in [-0.2, -0.15) is 0 Å². The number of nitrogens with one attached hydrogen (secondary N) is 1. The van der Waals surface area contributed by atoms with E-state index in [1.807, 2.05) is 55.5 Å². The highest BCUT2D eigenvalue weighted by Gasteiger charge is 2.34. The van der Waals surface area contributed by atoms with Gasteiger partial charge in [-0.3, -0.25) is 9.59 Å². The lowest BCUT2D eigenvalue weighted by Crippen LogP contribution is -2.34. The third kappa shape index (κ3) is 3.77. The summed E-state index contributed by atoms with van der Waals surface area (Å²) in [6, 6.07) is 24.1. The molecule has 28 heavy (non-hydrogen) atoms. The van der Waals surface area contributed by atoms with Crippen LogP contribution in [0.4, 0.5) is 0 Å². The highest BCUT2D eigenvalue weighted by molar-refractivity contribution is 5.90. The summed E-state index contributed by atoms with van der Waals surface area (Å²) in [7, 11) is 0. The van der Waals surface area contributed by atoms with Crippen LogP contribution in [-0.4, -0.2) is 23.3 Å². The summed E-state index contributed by atoms with van der Waals surface area (Å²) < 4.78 is 0. The second-order valence-corrected chi connectivity index (χ2v) is 7.46.